The molecule has 0 saturated heterocycles. The molecule has 0 spiro atoms. The van der Waals surface area contributed by atoms with E-state index in [-0.39, 0.29) is 22.6 Å². The van der Waals surface area contributed by atoms with E-state index < -0.39 is 28.9 Å². The van der Waals surface area contributed by atoms with Crippen LogP contribution in [-0.4, -0.2) is 33.5 Å². The number of phenols is 1. The topological polar surface area (TPSA) is 94.5 Å². The number of ketones is 1. The van der Waals surface area contributed by atoms with Crippen LogP contribution in [0.5, 0.6) is 28.7 Å². The maximum absolute atomic E-state index is 13.6. The number of fused-ring (bicyclic) bond motifs is 6. The average Bonchev–Trinajstić information content (AvgIpc) is 2.97. The van der Waals surface area contributed by atoms with E-state index in [9.17, 15) is 15.0 Å². The van der Waals surface area contributed by atoms with Gasteiger partial charge in [0.1, 0.15) is 45.5 Å². The summed E-state index contributed by atoms with van der Waals surface area (Å²) in [5.41, 5.74) is -1.92. The predicted molar refractivity (Wildman–Crippen MR) is 115 cm³/mol. The molecule has 0 aromatic heterocycles. The zero-order chi connectivity index (χ0) is 22.6. The second kappa shape index (κ2) is 5.66. The second-order valence-electron chi connectivity index (χ2n) is 9.64. The molecular weight excluding hydrogens is 412 g/mol. The van der Waals surface area contributed by atoms with Crippen LogP contribution in [0.1, 0.15) is 54.7 Å². The van der Waals surface area contributed by atoms with E-state index in [1.807, 2.05) is 39.8 Å². The molecule has 0 fully saturated rings. The molecule has 4 heterocycles. The molecule has 4 aliphatic rings. The van der Waals surface area contributed by atoms with Crippen LogP contribution in [0.4, 0.5) is 0 Å². The summed E-state index contributed by atoms with van der Waals surface area (Å²) in [6.45, 7) is 7.62. The van der Waals surface area contributed by atoms with Crippen molar-refractivity contribution in [3.8, 4) is 28.7 Å². The molecule has 32 heavy (non-hydrogen) atoms. The Labute approximate surface area is 184 Å². The summed E-state index contributed by atoms with van der Waals surface area (Å²) in [5.74, 6) is 0.382. The molecule has 2 atom stereocenters. The van der Waals surface area contributed by atoms with Gasteiger partial charge >= 0.3 is 0 Å². The summed E-state index contributed by atoms with van der Waals surface area (Å²) in [4.78, 5) is 13.6. The molecule has 2 N–H and O–H groups in total. The van der Waals surface area contributed by atoms with Crippen LogP contribution in [0.2, 0.25) is 0 Å². The minimum atomic E-state index is -2.11. The lowest BCUT2D eigenvalue weighted by molar-refractivity contribution is -0.118. The van der Waals surface area contributed by atoms with Crippen molar-refractivity contribution < 1.29 is 34.0 Å². The first-order valence-electron chi connectivity index (χ1n) is 10.4. The molecule has 6 rings (SSSR count). The molecule has 164 valence electrons. The Morgan fingerprint density at radius 1 is 0.844 bits per heavy atom. The van der Waals surface area contributed by atoms with Gasteiger partial charge in [0.25, 0.3) is 6.29 Å². The molecule has 4 aliphatic heterocycles. The van der Waals surface area contributed by atoms with Crippen LogP contribution < -0.4 is 18.9 Å². The van der Waals surface area contributed by atoms with Crippen LogP contribution in [-0.2, 0) is 5.60 Å². The molecule has 0 radical (unpaired) electrons. The van der Waals surface area contributed by atoms with Crippen molar-refractivity contribution in [2.24, 2.45) is 0 Å². The predicted octanol–water partition coefficient (Wildman–Crippen LogP) is 3.94. The van der Waals surface area contributed by atoms with Crippen molar-refractivity contribution in [3.63, 3.8) is 0 Å². The summed E-state index contributed by atoms with van der Waals surface area (Å²) in [6, 6.07) is 4.88. The normalized spacial score (nSPS) is 26.9. The van der Waals surface area contributed by atoms with Crippen molar-refractivity contribution in [1.82, 2.24) is 0 Å². The van der Waals surface area contributed by atoms with Gasteiger partial charge in [-0.2, -0.15) is 0 Å². The number of ether oxygens (including phenoxy) is 4. The second-order valence-corrected chi connectivity index (χ2v) is 9.64. The van der Waals surface area contributed by atoms with Gasteiger partial charge in [0.05, 0.1) is 5.56 Å². The SMILES string of the molecule is CC1(C)C=Cc2cc3c(cc2O1)O[C@@H]1Oc2cc4c(c(O)c2C(=O)[C@]31O)C=CC(C)(C)O4. The maximum Gasteiger partial charge on any atom is 0.281 e. The highest BCUT2D eigenvalue weighted by Gasteiger charge is 2.60. The van der Waals surface area contributed by atoms with Gasteiger partial charge in [0.15, 0.2) is 0 Å². The van der Waals surface area contributed by atoms with Gasteiger partial charge in [-0.05, 0) is 52.0 Å². The number of Topliss-reactive ketones (excluding diaryl/α,β-unsaturated/α-hetero) is 1. The van der Waals surface area contributed by atoms with Gasteiger partial charge in [-0.3, -0.25) is 4.79 Å². The van der Waals surface area contributed by atoms with E-state index in [4.69, 9.17) is 18.9 Å². The minimum Gasteiger partial charge on any atom is -0.506 e. The van der Waals surface area contributed by atoms with Crippen LogP contribution in [0, 0.1) is 0 Å². The maximum atomic E-state index is 13.6. The van der Waals surface area contributed by atoms with Crippen molar-refractivity contribution in [3.05, 3.63) is 52.6 Å². The van der Waals surface area contributed by atoms with Gasteiger partial charge in [0, 0.05) is 23.3 Å². The van der Waals surface area contributed by atoms with Gasteiger partial charge in [-0.15, -0.1) is 0 Å². The summed E-state index contributed by atoms with van der Waals surface area (Å²) >= 11 is 0. The zero-order valence-corrected chi connectivity index (χ0v) is 18.1. The number of hydrogen-bond acceptors (Lipinski definition) is 7. The highest BCUT2D eigenvalue weighted by Crippen LogP contribution is 2.54. The molecule has 0 aliphatic carbocycles. The van der Waals surface area contributed by atoms with E-state index in [1.54, 1.807) is 30.4 Å². The summed E-state index contributed by atoms with van der Waals surface area (Å²) < 4.78 is 23.7. The third-order valence-corrected chi connectivity index (χ3v) is 6.23. The lowest BCUT2D eigenvalue weighted by Crippen LogP contribution is -2.51. The Balaban J connectivity index is 1.49. The molecular formula is C25H22O7. The molecule has 7 heteroatoms. The standard InChI is InChI=1S/C25H22O7/c1-23(2)7-5-12-9-14-17(10-15(12)31-23)29-22-25(14,28)21(27)19-18(30-22)11-16-13(20(19)26)6-8-24(3,4)32-16/h5-11,22,26,28H,1-4H3/t22-,25-/m1/s1. The average molecular weight is 434 g/mol. The van der Waals surface area contributed by atoms with E-state index in [0.29, 0.717) is 28.4 Å². The van der Waals surface area contributed by atoms with E-state index in [0.717, 1.165) is 0 Å². The Morgan fingerprint density at radius 2 is 1.47 bits per heavy atom. The molecule has 0 amide bonds. The third kappa shape index (κ3) is 2.42. The molecule has 0 bridgehead atoms. The van der Waals surface area contributed by atoms with Crippen LogP contribution in [0.15, 0.2) is 30.4 Å². The number of carbonyl (C=O) groups excluding carboxylic acids is 1. The van der Waals surface area contributed by atoms with Crippen molar-refractivity contribution >= 4 is 17.9 Å². The fraction of sp³-hybridized carbons (Fsp3) is 0.320. The molecule has 0 saturated carbocycles. The molecule has 2 aromatic rings. The van der Waals surface area contributed by atoms with Crippen LogP contribution >= 0.6 is 0 Å². The van der Waals surface area contributed by atoms with E-state index in [1.165, 1.54) is 0 Å². The smallest absolute Gasteiger partial charge is 0.281 e. The number of aliphatic hydroxyl groups is 1. The minimum absolute atomic E-state index is 0.0990. The third-order valence-electron chi connectivity index (χ3n) is 6.23. The quantitative estimate of drug-likeness (QED) is 0.649. The Bertz CT molecular complexity index is 1280. The fourth-order valence-corrected chi connectivity index (χ4v) is 4.57. The molecule has 0 unspecified atom stereocenters. The van der Waals surface area contributed by atoms with Gasteiger partial charge in [-0.1, -0.05) is 6.08 Å². The largest absolute Gasteiger partial charge is 0.506 e. The fourth-order valence-electron chi connectivity index (χ4n) is 4.57. The van der Waals surface area contributed by atoms with Crippen molar-refractivity contribution in [1.29, 1.82) is 0 Å². The number of phenolic OH excluding ortho intramolecular Hbond substituents is 1. The first-order chi connectivity index (χ1) is 15.0. The highest BCUT2D eigenvalue weighted by molar-refractivity contribution is 6.10. The van der Waals surface area contributed by atoms with Crippen molar-refractivity contribution in [2.45, 2.75) is 50.8 Å². The van der Waals surface area contributed by atoms with E-state index >= 15 is 0 Å². The van der Waals surface area contributed by atoms with Gasteiger partial charge in [0.2, 0.25) is 11.4 Å². The zero-order valence-electron chi connectivity index (χ0n) is 18.1. The summed E-state index contributed by atoms with van der Waals surface area (Å²) in [7, 11) is 0. The molecule has 2 aromatic carbocycles. The van der Waals surface area contributed by atoms with Gasteiger partial charge in [-0.25, -0.2) is 0 Å². The number of rotatable bonds is 0. The Kier molecular flexibility index (Phi) is 3.41. The lowest BCUT2D eigenvalue weighted by atomic mass is 9.82. The van der Waals surface area contributed by atoms with Gasteiger partial charge < -0.3 is 29.2 Å². The van der Waals surface area contributed by atoms with Crippen LogP contribution in [0.3, 0.4) is 0 Å². The summed E-state index contributed by atoms with van der Waals surface area (Å²) in [6.07, 6.45) is 5.98. The number of carbonyl (C=O) groups is 1. The van der Waals surface area contributed by atoms with Crippen LogP contribution in [0.25, 0.3) is 12.2 Å². The summed E-state index contributed by atoms with van der Waals surface area (Å²) in [5, 5.41) is 22.5. The van der Waals surface area contributed by atoms with Crippen molar-refractivity contribution in [2.75, 3.05) is 0 Å². The number of hydrogen-bond donors (Lipinski definition) is 2. The first kappa shape index (κ1) is 19.3. The number of benzene rings is 2. The highest BCUT2D eigenvalue weighted by atomic mass is 16.7. The van der Waals surface area contributed by atoms with E-state index in [2.05, 4.69) is 0 Å². The monoisotopic (exact) mass is 434 g/mol. The number of aromatic hydroxyl groups is 1. The Hall–Kier alpha value is -3.45. The Morgan fingerprint density at radius 3 is 2.22 bits per heavy atom. The molecule has 7 nitrogen and oxygen atoms in total. The lowest BCUT2D eigenvalue weighted by Gasteiger charge is -2.35. The first-order valence-corrected chi connectivity index (χ1v) is 10.4.